The molecule has 0 spiro atoms. The minimum atomic E-state index is 0.753. The highest BCUT2D eigenvalue weighted by molar-refractivity contribution is 6.32. The van der Waals surface area contributed by atoms with Gasteiger partial charge >= 0.3 is 0 Å². The van der Waals surface area contributed by atoms with Crippen LogP contribution in [0.3, 0.4) is 0 Å². The van der Waals surface area contributed by atoms with E-state index in [0.717, 1.165) is 119 Å². The Hall–Kier alpha value is -14.8. The Balaban J connectivity index is 0.763. The summed E-state index contributed by atoms with van der Waals surface area (Å²) in [5.41, 5.74) is 57.3. The zero-order chi connectivity index (χ0) is 96.3. The van der Waals surface area contributed by atoms with Crippen molar-refractivity contribution in [1.82, 2.24) is 0 Å². The molecule has 678 valence electrons. The minimum absolute atomic E-state index is 0.753. The van der Waals surface area contributed by atoms with Crippen molar-refractivity contribution in [1.29, 1.82) is 0 Å². The SMILES string of the molecule is [B]c1cc(C)c(N(c2ccc(N(c3ccc(N(c4ccc(C)cc4)c4ccc(N(c5ccc(C)cc5)c5ccc(N(c6ccc(N(c7c(C)cc(C)cc7C)c7c(C)cc(C)cc7C)cc6)c6ccc(N(c7c(C)cc(C)cc7C)c7c(C)cc(C)cc7C)cc6)cc5)cc4)cc3)c3ccc(N(c4c(C)cc(C)cc4C)c4c(C)cc(C)cc4C)cc3)cc2)c2c(C)cc(C)cc2C)c(C)c1. The van der Waals surface area contributed by atoms with E-state index in [2.05, 4.69) is 528 Å². The van der Waals surface area contributed by atoms with Gasteiger partial charge in [-0.3, -0.25) is 0 Å². The van der Waals surface area contributed by atoms with Crippen LogP contribution in [0.2, 0.25) is 0 Å². The highest BCUT2D eigenvalue weighted by Crippen LogP contribution is 2.52. The first-order valence-electron chi connectivity index (χ1n) is 47.8. The molecule has 0 saturated heterocycles. The number of anilines is 24. The van der Waals surface area contributed by atoms with Gasteiger partial charge in [-0.15, -0.1) is 0 Å². The van der Waals surface area contributed by atoms with Crippen LogP contribution in [-0.4, -0.2) is 7.85 Å². The second-order valence-electron chi connectivity index (χ2n) is 38.7. The molecule has 0 saturated carbocycles. The summed E-state index contributed by atoms with van der Waals surface area (Å²) in [5.74, 6) is 0. The Morgan fingerprint density at radius 3 is 0.309 bits per heavy atom. The largest absolute Gasteiger partial charge is 0.311 e. The Bertz CT molecular complexity index is 6180. The van der Waals surface area contributed by atoms with Gasteiger partial charge in [0.1, 0.15) is 7.85 Å². The molecule has 0 aromatic heterocycles. The maximum atomic E-state index is 6.59. The summed E-state index contributed by atoms with van der Waals surface area (Å²) < 4.78 is 0. The van der Waals surface area contributed by atoms with Crippen molar-refractivity contribution in [3.8, 4) is 0 Å². The molecule has 0 aliphatic carbocycles. The molecule has 0 bridgehead atoms. The standard InChI is InChI=1S/C127H127BN8/c1-78-26-30-104(31-27-78)129(108-38-42-110(43-39-108)131(112-46-54-116(55-47-112)133(120-87(10)62-80(3)63-88(120)11)121-89(12)64-81(4)65-90(121)13)113-48-56-117(57-49-113)134(122-91(14)66-82(5)67-92(122)15)123-93(16)68-83(6)69-94(123)17)106-34-36-107(37-35-106)130(105-32-28-79(2)29-33-105)109-40-44-111(45-41-109)132(114-50-58-118(59-51-114)135(124-95(18)70-84(7)71-96(124)19)125-97(20)72-85(8)73-98(125)21)115-52-60-119(61-53-115)136(126-99(22)74-86(9)75-100(126)23)127-101(24)76-103(128)77-102(127)25/h26-77H,1-25H3. The summed E-state index contributed by atoms with van der Waals surface area (Å²) in [4.78, 5) is 19.5. The Labute approximate surface area is 811 Å². The van der Waals surface area contributed by atoms with Gasteiger partial charge in [0.15, 0.2) is 0 Å². The lowest BCUT2D eigenvalue weighted by atomic mass is 9.90. The summed E-state index contributed by atoms with van der Waals surface area (Å²) >= 11 is 0. The lowest BCUT2D eigenvalue weighted by Crippen LogP contribution is -2.18. The van der Waals surface area contributed by atoms with Crippen molar-refractivity contribution < 1.29 is 0 Å². The number of benzene rings is 17. The third-order valence-electron chi connectivity index (χ3n) is 26.9. The van der Waals surface area contributed by atoms with Crippen LogP contribution in [0.25, 0.3) is 0 Å². The second-order valence-corrected chi connectivity index (χ2v) is 38.7. The summed E-state index contributed by atoms with van der Waals surface area (Å²) in [6.07, 6.45) is 0. The van der Waals surface area contributed by atoms with Crippen LogP contribution in [0.5, 0.6) is 0 Å². The Morgan fingerprint density at radius 2 is 0.199 bits per heavy atom. The summed E-state index contributed by atoms with van der Waals surface area (Å²) in [5, 5.41) is 0. The minimum Gasteiger partial charge on any atom is -0.311 e. The quantitative estimate of drug-likeness (QED) is 0.0552. The van der Waals surface area contributed by atoms with Crippen LogP contribution in [0.1, 0.15) is 139 Å². The van der Waals surface area contributed by atoms with Crippen LogP contribution in [0.15, 0.2) is 315 Å². The summed E-state index contributed by atoms with van der Waals surface area (Å²) in [7, 11) is 6.59. The average Bonchev–Trinajstić information content (AvgIpc) is 0.764. The maximum Gasteiger partial charge on any atom is 0.113 e. The number of nitrogens with zero attached hydrogens (tertiary/aromatic N) is 8. The van der Waals surface area contributed by atoms with E-state index in [4.69, 9.17) is 7.85 Å². The molecule has 17 rings (SSSR count). The van der Waals surface area contributed by atoms with E-state index in [0.29, 0.717) is 0 Å². The van der Waals surface area contributed by atoms with Crippen molar-refractivity contribution >= 4 is 150 Å². The number of hydrogen-bond acceptors (Lipinski definition) is 8. The van der Waals surface area contributed by atoms with E-state index >= 15 is 0 Å². The van der Waals surface area contributed by atoms with Gasteiger partial charge in [0.2, 0.25) is 0 Å². The molecular weight excluding hydrogens is 1650 g/mol. The van der Waals surface area contributed by atoms with Crippen LogP contribution in [0, 0.1) is 173 Å². The molecule has 0 aliphatic heterocycles. The van der Waals surface area contributed by atoms with Crippen LogP contribution in [0.4, 0.5) is 136 Å². The topological polar surface area (TPSA) is 25.9 Å². The zero-order valence-corrected chi connectivity index (χ0v) is 84.2. The van der Waals surface area contributed by atoms with Crippen LogP contribution >= 0.6 is 0 Å². The van der Waals surface area contributed by atoms with Gasteiger partial charge in [0.05, 0.1) is 45.5 Å². The number of aryl methyl sites for hydroxylation is 25. The lowest BCUT2D eigenvalue weighted by Gasteiger charge is -2.33. The molecule has 0 unspecified atom stereocenters. The molecule has 0 atom stereocenters. The first-order valence-corrected chi connectivity index (χ1v) is 47.8. The number of rotatable bonds is 24. The van der Waals surface area contributed by atoms with Crippen molar-refractivity contribution in [2.45, 2.75) is 173 Å². The van der Waals surface area contributed by atoms with Gasteiger partial charge in [-0.05, 0) is 456 Å². The van der Waals surface area contributed by atoms with E-state index in [1.54, 1.807) is 0 Å². The predicted molar refractivity (Wildman–Crippen MR) is 588 cm³/mol. The first-order chi connectivity index (χ1) is 65.1. The smallest absolute Gasteiger partial charge is 0.113 e. The first kappa shape index (κ1) is 93.0. The predicted octanol–water partition coefficient (Wildman–Crippen LogP) is 35.9. The molecule has 0 amide bonds. The summed E-state index contributed by atoms with van der Waals surface area (Å²) in [6.45, 7) is 55.5. The molecule has 2 radical (unpaired) electrons. The van der Waals surface area contributed by atoms with Gasteiger partial charge in [0.25, 0.3) is 0 Å². The van der Waals surface area contributed by atoms with E-state index in [9.17, 15) is 0 Å². The fraction of sp³-hybridized carbons (Fsp3) is 0.197. The van der Waals surface area contributed by atoms with Gasteiger partial charge in [-0.2, -0.15) is 0 Å². The fourth-order valence-corrected chi connectivity index (χ4v) is 21.9. The van der Waals surface area contributed by atoms with E-state index < -0.39 is 0 Å². The molecule has 0 fully saturated rings. The third kappa shape index (κ3) is 18.6. The third-order valence-corrected chi connectivity index (χ3v) is 26.9. The molecule has 0 aliphatic rings. The van der Waals surface area contributed by atoms with Gasteiger partial charge in [-0.25, -0.2) is 0 Å². The molecule has 0 N–H and O–H groups in total. The molecule has 9 heteroatoms. The highest BCUT2D eigenvalue weighted by Gasteiger charge is 2.30. The van der Waals surface area contributed by atoms with Gasteiger partial charge in [-0.1, -0.05) is 177 Å². The van der Waals surface area contributed by atoms with Gasteiger partial charge < -0.3 is 39.2 Å². The van der Waals surface area contributed by atoms with Crippen molar-refractivity contribution in [3.05, 3.63) is 455 Å². The van der Waals surface area contributed by atoms with E-state index in [-0.39, 0.29) is 0 Å². The van der Waals surface area contributed by atoms with E-state index in [1.807, 2.05) is 0 Å². The summed E-state index contributed by atoms with van der Waals surface area (Å²) in [6, 6.07) is 118. The second kappa shape index (κ2) is 38.3. The maximum absolute atomic E-state index is 6.59. The van der Waals surface area contributed by atoms with Crippen molar-refractivity contribution in [3.63, 3.8) is 0 Å². The van der Waals surface area contributed by atoms with Crippen LogP contribution < -0.4 is 44.7 Å². The fourth-order valence-electron chi connectivity index (χ4n) is 21.9. The van der Waals surface area contributed by atoms with Crippen molar-refractivity contribution in [2.75, 3.05) is 39.2 Å². The zero-order valence-electron chi connectivity index (χ0n) is 84.2. The Kier molecular flexibility index (Phi) is 26.2. The highest BCUT2D eigenvalue weighted by atomic mass is 15.2. The monoisotopic (exact) mass is 1780 g/mol. The van der Waals surface area contributed by atoms with Gasteiger partial charge in [0, 0.05) is 91.0 Å². The molecule has 17 aromatic carbocycles. The number of hydrogen-bond donors (Lipinski definition) is 0. The van der Waals surface area contributed by atoms with Crippen molar-refractivity contribution in [2.24, 2.45) is 0 Å². The average molecular weight is 1780 g/mol. The molecule has 17 aromatic rings. The molecule has 136 heavy (non-hydrogen) atoms. The molecular formula is C127H127BN8. The van der Waals surface area contributed by atoms with Crippen LogP contribution in [-0.2, 0) is 0 Å². The Morgan fingerprint density at radius 1 is 0.110 bits per heavy atom. The normalized spacial score (nSPS) is 11.3. The lowest BCUT2D eigenvalue weighted by molar-refractivity contribution is 1.16. The van der Waals surface area contributed by atoms with E-state index in [1.165, 1.54) is 162 Å². The molecule has 0 heterocycles. The molecule has 8 nitrogen and oxygen atoms in total.